The van der Waals surface area contributed by atoms with E-state index in [1.54, 1.807) is 0 Å². The summed E-state index contributed by atoms with van der Waals surface area (Å²) in [6.45, 7) is 5.71. The average molecular weight is 218 g/mol. The van der Waals surface area contributed by atoms with E-state index in [9.17, 15) is 4.79 Å². The molecule has 2 N–H and O–H groups in total. The fraction of sp³-hybridized carbons (Fsp3) is 0.462. The Kier molecular flexibility index (Phi) is 3.25. The van der Waals surface area contributed by atoms with Gasteiger partial charge in [-0.15, -0.1) is 0 Å². The van der Waals surface area contributed by atoms with E-state index in [0.717, 1.165) is 18.7 Å². The number of rotatable bonds is 3. The Morgan fingerprint density at radius 1 is 1.38 bits per heavy atom. The Morgan fingerprint density at radius 2 is 2.00 bits per heavy atom. The van der Waals surface area contributed by atoms with Crippen LogP contribution in [0.2, 0.25) is 0 Å². The number of benzene rings is 1. The van der Waals surface area contributed by atoms with Crippen LogP contribution in [-0.4, -0.2) is 19.0 Å². The highest BCUT2D eigenvalue weighted by atomic mass is 16.2. The number of hydrogen-bond donors (Lipinski definition) is 2. The van der Waals surface area contributed by atoms with Crippen molar-refractivity contribution in [3.05, 3.63) is 35.4 Å². The summed E-state index contributed by atoms with van der Waals surface area (Å²) in [6.07, 6.45) is 0. The molecule has 3 nitrogen and oxygen atoms in total. The minimum absolute atomic E-state index is 0.0914. The number of carbonyl (C=O) groups excluding carboxylic acids is 1. The minimum atomic E-state index is 0.0914. The van der Waals surface area contributed by atoms with Gasteiger partial charge in [-0.05, 0) is 19.4 Å². The molecule has 0 radical (unpaired) electrons. The van der Waals surface area contributed by atoms with Gasteiger partial charge in [-0.2, -0.15) is 0 Å². The number of hydrogen-bond acceptors (Lipinski definition) is 2. The maximum absolute atomic E-state index is 11.7. The van der Waals surface area contributed by atoms with Gasteiger partial charge in [-0.1, -0.05) is 29.8 Å². The van der Waals surface area contributed by atoms with Gasteiger partial charge in [0.2, 0.25) is 5.91 Å². The Morgan fingerprint density at radius 3 is 2.50 bits per heavy atom. The molecule has 1 heterocycles. The van der Waals surface area contributed by atoms with Gasteiger partial charge in [0.15, 0.2) is 0 Å². The third-order valence-corrected chi connectivity index (χ3v) is 3.09. The summed E-state index contributed by atoms with van der Waals surface area (Å²) in [6, 6.07) is 8.37. The van der Waals surface area contributed by atoms with Crippen LogP contribution in [0.1, 0.15) is 24.1 Å². The summed E-state index contributed by atoms with van der Waals surface area (Å²) in [7, 11) is 0. The Labute approximate surface area is 96.2 Å². The molecule has 1 aromatic carbocycles. The van der Waals surface area contributed by atoms with E-state index in [0.29, 0.717) is 0 Å². The smallest absolute Gasteiger partial charge is 0.226 e. The van der Waals surface area contributed by atoms with Gasteiger partial charge < -0.3 is 10.6 Å². The fourth-order valence-corrected chi connectivity index (χ4v) is 1.74. The molecular weight excluding hydrogens is 200 g/mol. The largest absolute Gasteiger partial charge is 0.349 e. The number of aryl methyl sites for hydroxylation is 1. The van der Waals surface area contributed by atoms with E-state index in [4.69, 9.17) is 0 Å². The maximum atomic E-state index is 11.7. The van der Waals surface area contributed by atoms with Crippen molar-refractivity contribution in [2.75, 3.05) is 13.1 Å². The molecule has 3 heteroatoms. The number of amides is 1. The van der Waals surface area contributed by atoms with E-state index in [2.05, 4.69) is 41.8 Å². The fourth-order valence-electron chi connectivity index (χ4n) is 1.74. The van der Waals surface area contributed by atoms with Crippen molar-refractivity contribution in [1.82, 2.24) is 10.6 Å². The first-order valence-corrected chi connectivity index (χ1v) is 5.74. The molecule has 1 atom stereocenters. The van der Waals surface area contributed by atoms with Gasteiger partial charge in [-0.25, -0.2) is 0 Å². The summed E-state index contributed by atoms with van der Waals surface area (Å²) in [5.74, 6) is 0.319. The molecule has 1 amide bonds. The van der Waals surface area contributed by atoms with E-state index in [1.165, 1.54) is 5.56 Å². The molecule has 0 spiro atoms. The second-order valence-electron chi connectivity index (χ2n) is 4.50. The van der Waals surface area contributed by atoms with Crippen LogP contribution in [0.4, 0.5) is 0 Å². The van der Waals surface area contributed by atoms with Gasteiger partial charge in [0.1, 0.15) is 0 Å². The van der Waals surface area contributed by atoms with Crippen LogP contribution < -0.4 is 10.6 Å². The SMILES string of the molecule is Cc1ccc([C@H](C)NC(=O)C2CNC2)cc1. The molecule has 0 aromatic heterocycles. The molecular formula is C13H18N2O. The van der Waals surface area contributed by atoms with Crippen molar-refractivity contribution < 1.29 is 4.79 Å². The first-order valence-electron chi connectivity index (χ1n) is 5.74. The normalized spacial score (nSPS) is 17.6. The molecule has 1 fully saturated rings. The predicted octanol–water partition coefficient (Wildman–Crippen LogP) is 1.39. The molecule has 0 saturated carbocycles. The summed E-state index contributed by atoms with van der Waals surface area (Å²) in [5, 5.41) is 6.14. The van der Waals surface area contributed by atoms with E-state index in [1.807, 2.05) is 6.92 Å². The highest BCUT2D eigenvalue weighted by molar-refractivity contribution is 5.80. The van der Waals surface area contributed by atoms with Gasteiger partial charge >= 0.3 is 0 Å². The molecule has 1 aliphatic rings. The van der Waals surface area contributed by atoms with Crippen molar-refractivity contribution in [2.24, 2.45) is 5.92 Å². The van der Waals surface area contributed by atoms with Gasteiger partial charge in [0.25, 0.3) is 0 Å². The standard InChI is InChI=1S/C13H18N2O/c1-9-3-5-11(6-4-9)10(2)15-13(16)12-7-14-8-12/h3-6,10,12,14H,7-8H2,1-2H3,(H,15,16)/t10-/m0/s1. The molecule has 1 aliphatic heterocycles. The van der Waals surface area contributed by atoms with Gasteiger partial charge in [0.05, 0.1) is 12.0 Å². The summed E-state index contributed by atoms with van der Waals surface area (Å²) < 4.78 is 0. The zero-order valence-corrected chi connectivity index (χ0v) is 9.79. The average Bonchev–Trinajstić information content (AvgIpc) is 2.15. The van der Waals surface area contributed by atoms with Crippen LogP contribution in [0.15, 0.2) is 24.3 Å². The lowest BCUT2D eigenvalue weighted by atomic mass is 10.0. The Hall–Kier alpha value is -1.35. The molecule has 16 heavy (non-hydrogen) atoms. The van der Waals surface area contributed by atoms with E-state index >= 15 is 0 Å². The van der Waals surface area contributed by atoms with Crippen molar-refractivity contribution in [3.8, 4) is 0 Å². The van der Waals surface area contributed by atoms with E-state index < -0.39 is 0 Å². The second kappa shape index (κ2) is 4.66. The van der Waals surface area contributed by atoms with Crippen molar-refractivity contribution in [1.29, 1.82) is 0 Å². The topological polar surface area (TPSA) is 41.1 Å². The monoisotopic (exact) mass is 218 g/mol. The zero-order valence-electron chi connectivity index (χ0n) is 9.79. The molecule has 0 bridgehead atoms. The summed E-state index contributed by atoms with van der Waals surface area (Å²) in [5.41, 5.74) is 2.40. The lowest BCUT2D eigenvalue weighted by Gasteiger charge is -2.27. The van der Waals surface area contributed by atoms with Crippen LogP contribution in [0, 0.1) is 12.8 Å². The molecule has 2 rings (SSSR count). The Balaban J connectivity index is 1.94. The van der Waals surface area contributed by atoms with Crippen molar-refractivity contribution in [3.63, 3.8) is 0 Å². The maximum Gasteiger partial charge on any atom is 0.226 e. The molecule has 1 saturated heterocycles. The summed E-state index contributed by atoms with van der Waals surface area (Å²) >= 11 is 0. The van der Waals surface area contributed by atoms with Gasteiger partial charge in [0, 0.05) is 13.1 Å². The number of nitrogens with one attached hydrogen (secondary N) is 2. The lowest BCUT2D eigenvalue weighted by molar-refractivity contribution is -0.127. The Bertz CT molecular complexity index is 368. The summed E-state index contributed by atoms with van der Waals surface area (Å²) in [4.78, 5) is 11.7. The molecule has 0 unspecified atom stereocenters. The van der Waals surface area contributed by atoms with Gasteiger partial charge in [-0.3, -0.25) is 4.79 Å². The predicted molar refractivity (Wildman–Crippen MR) is 64.1 cm³/mol. The first-order chi connectivity index (χ1) is 7.66. The minimum Gasteiger partial charge on any atom is -0.349 e. The quantitative estimate of drug-likeness (QED) is 0.805. The zero-order chi connectivity index (χ0) is 11.5. The van der Waals surface area contributed by atoms with Crippen LogP contribution >= 0.6 is 0 Å². The van der Waals surface area contributed by atoms with E-state index in [-0.39, 0.29) is 17.9 Å². The molecule has 86 valence electrons. The van der Waals surface area contributed by atoms with Crippen LogP contribution in [0.3, 0.4) is 0 Å². The van der Waals surface area contributed by atoms with Crippen LogP contribution in [0.5, 0.6) is 0 Å². The number of carbonyl (C=O) groups is 1. The highest BCUT2D eigenvalue weighted by Gasteiger charge is 2.25. The van der Waals surface area contributed by atoms with Crippen molar-refractivity contribution in [2.45, 2.75) is 19.9 Å². The molecule has 0 aliphatic carbocycles. The van der Waals surface area contributed by atoms with Crippen LogP contribution in [-0.2, 0) is 4.79 Å². The highest BCUT2D eigenvalue weighted by Crippen LogP contribution is 2.14. The lowest BCUT2D eigenvalue weighted by Crippen LogP contribution is -2.51. The third-order valence-electron chi connectivity index (χ3n) is 3.09. The molecule has 1 aromatic rings. The third kappa shape index (κ3) is 2.42. The van der Waals surface area contributed by atoms with Crippen molar-refractivity contribution >= 4 is 5.91 Å². The first kappa shape index (κ1) is 11.1. The van der Waals surface area contributed by atoms with Crippen LogP contribution in [0.25, 0.3) is 0 Å². The second-order valence-corrected chi connectivity index (χ2v) is 4.50.